The Balaban J connectivity index is 3.00. The molecule has 10 heavy (non-hydrogen) atoms. The molecule has 0 aromatic heterocycles. The molecule has 0 fully saturated rings. The quantitative estimate of drug-likeness (QED) is 0.427. The van der Waals surface area contributed by atoms with E-state index in [1.807, 2.05) is 0 Å². The lowest BCUT2D eigenvalue weighted by atomic mass is 10.7. The zero-order chi connectivity index (χ0) is 7.66. The highest BCUT2D eigenvalue weighted by Crippen LogP contribution is 1.73. The van der Waals surface area contributed by atoms with Gasteiger partial charge in [0, 0.05) is 13.8 Å². The third-order valence-corrected chi connectivity index (χ3v) is 0.636. The topological polar surface area (TPSA) is 18.5 Å². The van der Waals surface area contributed by atoms with E-state index in [0.29, 0.717) is 13.2 Å². The van der Waals surface area contributed by atoms with Crippen molar-refractivity contribution in [1.29, 1.82) is 0 Å². The molecule has 0 aliphatic carbocycles. The summed E-state index contributed by atoms with van der Waals surface area (Å²) in [6, 6.07) is 0. The molecule has 2 nitrogen and oxygen atoms in total. The molecule has 0 saturated carbocycles. The fraction of sp³-hybridized carbons (Fsp3) is 0.500. The average Bonchev–Trinajstić information content (AvgIpc) is 1.97. The first kappa shape index (κ1) is 8.72. The van der Waals surface area contributed by atoms with E-state index in [0.717, 1.165) is 0 Å². The Bertz CT molecular complexity index is 153. The second-order valence-corrected chi connectivity index (χ2v) is 1.40. The predicted molar refractivity (Wildman–Crippen MR) is 38.8 cm³/mol. The van der Waals surface area contributed by atoms with Gasteiger partial charge in [-0.05, 0) is 0 Å². The van der Waals surface area contributed by atoms with Gasteiger partial charge in [-0.3, -0.25) is 0 Å². The van der Waals surface area contributed by atoms with Crippen LogP contribution < -0.4 is 0 Å². The molecule has 0 aliphatic rings. The van der Waals surface area contributed by atoms with Crippen LogP contribution in [-0.4, -0.2) is 13.2 Å². The molecule has 0 atom stereocenters. The van der Waals surface area contributed by atoms with Crippen molar-refractivity contribution in [3.05, 3.63) is 0 Å². The van der Waals surface area contributed by atoms with E-state index < -0.39 is 0 Å². The zero-order valence-corrected chi connectivity index (χ0v) is 6.23. The molecule has 0 saturated heterocycles. The molecule has 0 aromatic rings. The van der Waals surface area contributed by atoms with Gasteiger partial charge in [-0.25, -0.2) is 0 Å². The van der Waals surface area contributed by atoms with E-state index in [4.69, 9.17) is 9.47 Å². The van der Waals surface area contributed by atoms with Crippen LogP contribution in [0.3, 0.4) is 0 Å². The van der Waals surface area contributed by atoms with E-state index in [1.54, 1.807) is 13.8 Å². The molecule has 0 unspecified atom stereocenters. The number of hydrogen-bond acceptors (Lipinski definition) is 2. The average molecular weight is 138 g/mol. The third kappa shape index (κ3) is 6.72. The normalized spacial score (nSPS) is 6.20. The van der Waals surface area contributed by atoms with Gasteiger partial charge in [-0.1, -0.05) is 11.8 Å². The molecule has 0 bridgehead atoms. The highest BCUT2D eigenvalue weighted by molar-refractivity contribution is 4.86. The van der Waals surface area contributed by atoms with Crippen LogP contribution in [0.1, 0.15) is 13.8 Å². The lowest BCUT2D eigenvalue weighted by Crippen LogP contribution is -1.96. The molecule has 0 amide bonds. The van der Waals surface area contributed by atoms with Crippen LogP contribution in [0.4, 0.5) is 0 Å². The first-order chi connectivity index (χ1) is 4.91. The summed E-state index contributed by atoms with van der Waals surface area (Å²) in [6.07, 6.45) is 4.89. The van der Waals surface area contributed by atoms with Crippen LogP contribution in [0, 0.1) is 24.1 Å². The second-order valence-electron chi connectivity index (χ2n) is 1.40. The SMILES string of the molecule is CC#COCCOC#CC. The minimum absolute atomic E-state index is 0.468. The van der Waals surface area contributed by atoms with Crippen molar-refractivity contribution in [3.8, 4) is 24.1 Å². The molecular formula is C8H10O2. The summed E-state index contributed by atoms with van der Waals surface area (Å²) in [4.78, 5) is 0. The smallest absolute Gasteiger partial charge is 0.135 e. The molecule has 0 N–H and O–H groups in total. The van der Waals surface area contributed by atoms with Crippen molar-refractivity contribution in [2.75, 3.05) is 13.2 Å². The number of ether oxygens (including phenoxy) is 2. The molecular weight excluding hydrogens is 128 g/mol. The van der Waals surface area contributed by atoms with Gasteiger partial charge in [0.1, 0.15) is 25.4 Å². The summed E-state index contributed by atoms with van der Waals surface area (Å²) in [6.45, 7) is 4.37. The molecule has 0 rings (SSSR count). The summed E-state index contributed by atoms with van der Waals surface area (Å²) in [5.74, 6) is 5.19. The van der Waals surface area contributed by atoms with Gasteiger partial charge in [0.15, 0.2) is 0 Å². The Hall–Kier alpha value is -1.28. The largest absolute Gasteiger partial charge is 0.443 e. The van der Waals surface area contributed by atoms with Crippen LogP contribution in [-0.2, 0) is 9.47 Å². The Morgan fingerprint density at radius 2 is 1.30 bits per heavy atom. The lowest BCUT2D eigenvalue weighted by Gasteiger charge is -1.93. The Kier molecular flexibility index (Phi) is 6.73. The van der Waals surface area contributed by atoms with E-state index in [9.17, 15) is 0 Å². The van der Waals surface area contributed by atoms with Gasteiger partial charge >= 0.3 is 0 Å². The van der Waals surface area contributed by atoms with Crippen molar-refractivity contribution < 1.29 is 9.47 Å². The van der Waals surface area contributed by atoms with Crippen molar-refractivity contribution in [2.24, 2.45) is 0 Å². The maximum atomic E-state index is 4.78. The summed E-state index contributed by atoms with van der Waals surface area (Å²) in [5.41, 5.74) is 0. The molecule has 0 aliphatic heterocycles. The van der Waals surface area contributed by atoms with Gasteiger partial charge in [0.2, 0.25) is 0 Å². The molecule has 54 valence electrons. The van der Waals surface area contributed by atoms with Crippen molar-refractivity contribution in [2.45, 2.75) is 13.8 Å². The van der Waals surface area contributed by atoms with E-state index in [1.165, 1.54) is 0 Å². The Morgan fingerprint density at radius 3 is 1.60 bits per heavy atom. The van der Waals surface area contributed by atoms with Crippen LogP contribution in [0.2, 0.25) is 0 Å². The van der Waals surface area contributed by atoms with Crippen LogP contribution in [0.15, 0.2) is 0 Å². The van der Waals surface area contributed by atoms with Gasteiger partial charge in [0.05, 0.1) is 0 Å². The van der Waals surface area contributed by atoms with Crippen LogP contribution in [0.5, 0.6) is 0 Å². The fourth-order valence-corrected chi connectivity index (χ4v) is 0.330. The first-order valence-electron chi connectivity index (χ1n) is 2.99. The van der Waals surface area contributed by atoms with E-state index in [-0.39, 0.29) is 0 Å². The van der Waals surface area contributed by atoms with Crippen LogP contribution >= 0.6 is 0 Å². The maximum absolute atomic E-state index is 4.78. The summed E-state index contributed by atoms with van der Waals surface area (Å²) >= 11 is 0. The molecule has 0 spiro atoms. The molecule has 0 heterocycles. The van der Waals surface area contributed by atoms with E-state index >= 15 is 0 Å². The zero-order valence-electron chi connectivity index (χ0n) is 6.23. The molecule has 0 aromatic carbocycles. The van der Waals surface area contributed by atoms with Gasteiger partial charge in [0.25, 0.3) is 0 Å². The van der Waals surface area contributed by atoms with E-state index in [2.05, 4.69) is 24.1 Å². The van der Waals surface area contributed by atoms with Crippen molar-refractivity contribution in [1.82, 2.24) is 0 Å². The van der Waals surface area contributed by atoms with Gasteiger partial charge < -0.3 is 9.47 Å². The van der Waals surface area contributed by atoms with Crippen molar-refractivity contribution in [3.63, 3.8) is 0 Å². The maximum Gasteiger partial charge on any atom is 0.135 e. The minimum atomic E-state index is 0.468. The summed E-state index contributed by atoms with van der Waals surface area (Å²) in [7, 11) is 0. The Morgan fingerprint density at radius 1 is 0.900 bits per heavy atom. The third-order valence-electron chi connectivity index (χ3n) is 0.636. The number of hydrogen-bond donors (Lipinski definition) is 0. The summed E-state index contributed by atoms with van der Waals surface area (Å²) < 4.78 is 9.55. The monoisotopic (exact) mass is 138 g/mol. The van der Waals surface area contributed by atoms with Crippen molar-refractivity contribution >= 4 is 0 Å². The van der Waals surface area contributed by atoms with Crippen LogP contribution in [0.25, 0.3) is 0 Å². The predicted octanol–water partition coefficient (Wildman–Crippen LogP) is 0.981. The highest BCUT2D eigenvalue weighted by Gasteiger charge is 1.79. The fourth-order valence-electron chi connectivity index (χ4n) is 0.330. The first-order valence-corrected chi connectivity index (χ1v) is 2.99. The summed E-state index contributed by atoms with van der Waals surface area (Å²) in [5, 5.41) is 0. The lowest BCUT2D eigenvalue weighted by molar-refractivity contribution is 0.175. The van der Waals surface area contributed by atoms with Gasteiger partial charge in [-0.2, -0.15) is 0 Å². The molecule has 0 radical (unpaired) electrons. The van der Waals surface area contributed by atoms with Gasteiger partial charge in [-0.15, -0.1) is 0 Å². The number of rotatable bonds is 3. The highest BCUT2D eigenvalue weighted by atomic mass is 16.5. The standard InChI is InChI=1S/C8H10O2/c1-3-5-9-7-8-10-6-4-2/h7-8H2,1-2H3. The molecule has 2 heteroatoms. The second kappa shape index (κ2) is 7.72. The minimum Gasteiger partial charge on any atom is -0.443 e. The Labute approximate surface area is 61.5 Å².